The molecule has 2 aliphatic carbocycles. The van der Waals surface area contributed by atoms with Crippen molar-refractivity contribution in [3.05, 3.63) is 35.6 Å². The molecule has 1 amide bonds. The van der Waals surface area contributed by atoms with Crippen LogP contribution in [0.5, 0.6) is 0 Å². The molecule has 1 atom stereocenters. The minimum absolute atomic E-state index is 0.104. The molecule has 3 N–H and O–H groups in total. The molecule has 142 valence electrons. The van der Waals surface area contributed by atoms with E-state index >= 15 is 0 Å². The third-order valence-corrected chi connectivity index (χ3v) is 6.44. The standard InChI is InChI=1S/C21H29FN2O2/c22-18-9-7-17(8-10-18)21(11-1-2-12-21)14-24-20(26)19(23)16-5-3-15(13-25)4-6-16/h7-10,13,15-16,19H,1-6,11-12,14,23H2,(H,24,26). The van der Waals surface area contributed by atoms with E-state index in [1.807, 2.05) is 12.1 Å². The van der Waals surface area contributed by atoms with Crippen molar-refractivity contribution in [1.29, 1.82) is 0 Å². The largest absolute Gasteiger partial charge is 0.354 e. The van der Waals surface area contributed by atoms with Crippen molar-refractivity contribution in [2.24, 2.45) is 17.6 Å². The highest BCUT2D eigenvalue weighted by molar-refractivity contribution is 5.82. The maximum atomic E-state index is 13.3. The van der Waals surface area contributed by atoms with Crippen LogP contribution >= 0.6 is 0 Å². The van der Waals surface area contributed by atoms with Crippen LogP contribution in [0.15, 0.2) is 24.3 Å². The van der Waals surface area contributed by atoms with E-state index in [1.165, 1.54) is 12.1 Å². The highest BCUT2D eigenvalue weighted by atomic mass is 19.1. The first-order valence-electron chi connectivity index (χ1n) is 9.79. The smallest absolute Gasteiger partial charge is 0.237 e. The molecule has 26 heavy (non-hydrogen) atoms. The first-order chi connectivity index (χ1) is 12.5. The lowest BCUT2D eigenvalue weighted by molar-refractivity contribution is -0.124. The molecular weight excluding hydrogens is 331 g/mol. The van der Waals surface area contributed by atoms with Crippen LogP contribution in [0.4, 0.5) is 4.39 Å². The van der Waals surface area contributed by atoms with E-state index in [9.17, 15) is 14.0 Å². The molecule has 2 fully saturated rings. The van der Waals surface area contributed by atoms with Gasteiger partial charge in [0.1, 0.15) is 12.1 Å². The van der Waals surface area contributed by atoms with Crippen molar-refractivity contribution in [2.45, 2.75) is 62.8 Å². The molecule has 1 aromatic rings. The Kier molecular flexibility index (Phi) is 6.07. The highest BCUT2D eigenvalue weighted by Crippen LogP contribution is 2.40. The van der Waals surface area contributed by atoms with E-state index in [1.54, 1.807) is 0 Å². The van der Waals surface area contributed by atoms with Crippen LogP contribution in [0.1, 0.15) is 56.9 Å². The number of benzene rings is 1. The molecule has 0 heterocycles. The molecular formula is C21H29FN2O2. The van der Waals surface area contributed by atoms with Crippen molar-refractivity contribution in [3.63, 3.8) is 0 Å². The van der Waals surface area contributed by atoms with Gasteiger partial charge in [0.15, 0.2) is 0 Å². The summed E-state index contributed by atoms with van der Waals surface area (Å²) in [5.41, 5.74) is 7.20. The number of aldehydes is 1. The van der Waals surface area contributed by atoms with Crippen LogP contribution in [0.3, 0.4) is 0 Å². The van der Waals surface area contributed by atoms with Gasteiger partial charge in [0.2, 0.25) is 5.91 Å². The summed E-state index contributed by atoms with van der Waals surface area (Å²) in [4.78, 5) is 23.5. The molecule has 5 heteroatoms. The Morgan fingerprint density at radius 2 is 1.81 bits per heavy atom. The van der Waals surface area contributed by atoms with Crippen molar-refractivity contribution in [2.75, 3.05) is 6.54 Å². The molecule has 3 rings (SSSR count). The van der Waals surface area contributed by atoms with Crippen molar-refractivity contribution >= 4 is 12.2 Å². The average Bonchev–Trinajstić information content (AvgIpc) is 3.16. The van der Waals surface area contributed by atoms with Gasteiger partial charge in [0.25, 0.3) is 0 Å². The zero-order valence-corrected chi connectivity index (χ0v) is 15.3. The molecule has 0 radical (unpaired) electrons. The van der Waals surface area contributed by atoms with Gasteiger partial charge in [-0.2, -0.15) is 0 Å². The molecule has 0 saturated heterocycles. The number of hydrogen-bond acceptors (Lipinski definition) is 3. The molecule has 2 aliphatic rings. The molecule has 1 aromatic carbocycles. The predicted molar refractivity (Wildman–Crippen MR) is 99.0 cm³/mol. The first kappa shape index (κ1) is 19.0. The summed E-state index contributed by atoms with van der Waals surface area (Å²) in [6.45, 7) is 0.550. The average molecular weight is 360 g/mol. The SMILES string of the molecule is NC(C(=O)NCC1(c2ccc(F)cc2)CCCC1)C1CCC(C=O)CC1. The van der Waals surface area contributed by atoms with E-state index in [0.29, 0.717) is 6.54 Å². The third-order valence-electron chi connectivity index (χ3n) is 6.44. The van der Waals surface area contributed by atoms with E-state index in [0.717, 1.165) is 63.2 Å². The van der Waals surface area contributed by atoms with Gasteiger partial charge in [-0.25, -0.2) is 4.39 Å². The van der Waals surface area contributed by atoms with E-state index in [2.05, 4.69) is 5.32 Å². The van der Waals surface area contributed by atoms with Crippen LogP contribution < -0.4 is 11.1 Å². The summed E-state index contributed by atoms with van der Waals surface area (Å²) in [5.74, 6) is -0.0647. The highest BCUT2D eigenvalue weighted by Gasteiger charge is 2.37. The topological polar surface area (TPSA) is 72.2 Å². The van der Waals surface area contributed by atoms with E-state index < -0.39 is 6.04 Å². The molecule has 0 spiro atoms. The van der Waals surface area contributed by atoms with Gasteiger partial charge in [-0.1, -0.05) is 25.0 Å². The number of hydrogen-bond donors (Lipinski definition) is 2. The van der Waals surface area contributed by atoms with Crippen LogP contribution in [-0.2, 0) is 15.0 Å². The van der Waals surface area contributed by atoms with Gasteiger partial charge in [0, 0.05) is 17.9 Å². The normalized spacial score (nSPS) is 26.2. The number of amides is 1. The Balaban J connectivity index is 1.59. The zero-order valence-electron chi connectivity index (χ0n) is 15.3. The fraction of sp³-hybridized carbons (Fsp3) is 0.619. The third kappa shape index (κ3) is 4.14. The summed E-state index contributed by atoms with van der Waals surface area (Å²) < 4.78 is 13.3. The lowest BCUT2D eigenvalue weighted by Crippen LogP contribution is -2.49. The van der Waals surface area contributed by atoms with Gasteiger partial charge < -0.3 is 15.8 Å². The van der Waals surface area contributed by atoms with Gasteiger partial charge in [-0.15, -0.1) is 0 Å². The molecule has 0 bridgehead atoms. The second-order valence-electron chi connectivity index (χ2n) is 8.05. The van der Waals surface area contributed by atoms with Crippen molar-refractivity contribution in [3.8, 4) is 0 Å². The minimum atomic E-state index is -0.519. The predicted octanol–water partition coefficient (Wildman–Crippen LogP) is 3.09. The lowest BCUT2D eigenvalue weighted by atomic mass is 9.77. The first-order valence-corrected chi connectivity index (χ1v) is 9.79. The van der Waals surface area contributed by atoms with Gasteiger partial charge in [0.05, 0.1) is 6.04 Å². The number of halogens is 1. The summed E-state index contributed by atoms with van der Waals surface area (Å²) >= 11 is 0. The Morgan fingerprint density at radius 3 is 2.38 bits per heavy atom. The Labute approximate surface area is 154 Å². The molecule has 2 saturated carbocycles. The number of carbonyl (C=O) groups excluding carboxylic acids is 2. The summed E-state index contributed by atoms with van der Waals surface area (Å²) in [5, 5.41) is 3.07. The second-order valence-corrected chi connectivity index (χ2v) is 8.05. The van der Waals surface area contributed by atoms with Crippen molar-refractivity contribution < 1.29 is 14.0 Å². The molecule has 0 aliphatic heterocycles. The molecule has 4 nitrogen and oxygen atoms in total. The quantitative estimate of drug-likeness (QED) is 0.766. The van der Waals surface area contributed by atoms with E-state index in [4.69, 9.17) is 5.73 Å². The van der Waals surface area contributed by atoms with Gasteiger partial charge in [-0.3, -0.25) is 4.79 Å². The summed E-state index contributed by atoms with van der Waals surface area (Å²) in [6.07, 6.45) is 8.58. The van der Waals surface area contributed by atoms with Crippen LogP contribution in [0, 0.1) is 17.7 Å². The molecule has 0 aromatic heterocycles. The Bertz CT molecular complexity index is 617. The number of rotatable bonds is 6. The minimum Gasteiger partial charge on any atom is -0.354 e. The van der Waals surface area contributed by atoms with Crippen LogP contribution in [0.25, 0.3) is 0 Å². The van der Waals surface area contributed by atoms with Crippen LogP contribution in [-0.4, -0.2) is 24.8 Å². The molecule has 1 unspecified atom stereocenters. The van der Waals surface area contributed by atoms with Crippen LogP contribution in [0.2, 0.25) is 0 Å². The van der Waals surface area contributed by atoms with E-state index in [-0.39, 0.29) is 29.0 Å². The summed E-state index contributed by atoms with van der Waals surface area (Å²) in [7, 11) is 0. The Hall–Kier alpha value is -1.75. The number of nitrogens with two attached hydrogens (primary N) is 1. The van der Waals surface area contributed by atoms with Gasteiger partial charge in [-0.05, 0) is 62.1 Å². The fourth-order valence-electron chi connectivity index (χ4n) is 4.65. The fourth-order valence-corrected chi connectivity index (χ4v) is 4.65. The summed E-state index contributed by atoms with van der Waals surface area (Å²) in [6, 6.07) is 6.15. The van der Waals surface area contributed by atoms with Gasteiger partial charge >= 0.3 is 0 Å². The second kappa shape index (κ2) is 8.30. The monoisotopic (exact) mass is 360 g/mol. The maximum Gasteiger partial charge on any atom is 0.237 e. The Morgan fingerprint density at radius 1 is 1.19 bits per heavy atom. The van der Waals surface area contributed by atoms with Crippen molar-refractivity contribution in [1.82, 2.24) is 5.32 Å². The number of carbonyl (C=O) groups is 2. The lowest BCUT2D eigenvalue weighted by Gasteiger charge is -2.33. The zero-order chi connectivity index (χ0) is 18.6. The number of nitrogens with one attached hydrogen (secondary N) is 1. The maximum absolute atomic E-state index is 13.3.